The predicted octanol–water partition coefficient (Wildman–Crippen LogP) is 3.65. The van der Waals surface area contributed by atoms with Crippen LogP contribution in [0, 0.1) is 26.4 Å². The summed E-state index contributed by atoms with van der Waals surface area (Å²) in [5, 5.41) is 13.8. The topological polar surface area (TPSA) is 68.1 Å². The maximum Gasteiger partial charge on any atom is 0.293 e. The third-order valence-electron chi connectivity index (χ3n) is 2.69. The molecule has 0 unspecified atom stereocenters. The van der Waals surface area contributed by atoms with Crippen molar-refractivity contribution < 1.29 is 9.31 Å². The second kappa shape index (κ2) is 6.12. The molecule has 0 aliphatic heterocycles. The maximum absolute atomic E-state index is 13.5. The zero-order valence-corrected chi connectivity index (χ0v) is 12.7. The van der Waals surface area contributed by atoms with Crippen LogP contribution in [0.1, 0.15) is 11.3 Å². The number of benzene rings is 1. The maximum atomic E-state index is 13.5. The number of hydrogen-bond donors (Lipinski definition) is 1. The third kappa shape index (κ3) is 3.41. The zero-order valence-electron chi connectivity index (χ0n) is 10.6. The van der Waals surface area contributed by atoms with E-state index in [2.05, 4.69) is 10.3 Å². The van der Waals surface area contributed by atoms with E-state index in [1.807, 2.05) is 19.1 Å². The summed E-state index contributed by atoms with van der Waals surface area (Å²) >= 11 is 1.73. The van der Waals surface area contributed by atoms with Crippen molar-refractivity contribution in [3.05, 3.63) is 61.2 Å². The molecule has 2 rings (SSSR count). The number of aromatic nitrogens is 1. The number of nitrogens with zero attached hydrogens (tertiary/aromatic N) is 2. The van der Waals surface area contributed by atoms with Gasteiger partial charge < -0.3 is 5.32 Å². The number of pyridine rings is 1. The molecule has 7 heteroatoms. The monoisotopic (exact) mass is 387 g/mol. The lowest BCUT2D eigenvalue weighted by molar-refractivity contribution is -0.384. The summed E-state index contributed by atoms with van der Waals surface area (Å²) in [7, 11) is 0. The average molecular weight is 387 g/mol. The van der Waals surface area contributed by atoms with Crippen LogP contribution < -0.4 is 5.32 Å². The number of nitro groups is 1. The molecule has 0 aliphatic carbocycles. The quantitative estimate of drug-likeness (QED) is 0.494. The van der Waals surface area contributed by atoms with Gasteiger partial charge in [-0.2, -0.15) is 0 Å². The molecule has 0 atom stereocenters. The van der Waals surface area contributed by atoms with Gasteiger partial charge >= 0.3 is 0 Å². The molecular weight excluding hydrogens is 376 g/mol. The Balaban J connectivity index is 2.22. The van der Waals surface area contributed by atoms with Crippen LogP contribution in [0.2, 0.25) is 0 Å². The Morgan fingerprint density at radius 3 is 2.80 bits per heavy atom. The van der Waals surface area contributed by atoms with Crippen molar-refractivity contribution in [1.29, 1.82) is 0 Å². The van der Waals surface area contributed by atoms with Crippen LogP contribution in [0.5, 0.6) is 0 Å². The van der Waals surface area contributed by atoms with Crippen LogP contribution >= 0.6 is 22.6 Å². The second-order valence-electron chi connectivity index (χ2n) is 4.20. The van der Waals surface area contributed by atoms with Crippen molar-refractivity contribution in [1.82, 2.24) is 4.98 Å². The molecule has 1 N–H and O–H groups in total. The Labute approximate surface area is 128 Å². The van der Waals surface area contributed by atoms with Gasteiger partial charge in [0.15, 0.2) is 0 Å². The Kier molecular flexibility index (Phi) is 4.48. The van der Waals surface area contributed by atoms with E-state index in [1.54, 1.807) is 28.8 Å². The van der Waals surface area contributed by atoms with Crippen molar-refractivity contribution in [2.24, 2.45) is 0 Å². The number of hydrogen-bond acceptors (Lipinski definition) is 4. The minimum atomic E-state index is -0.530. The Morgan fingerprint density at radius 2 is 2.20 bits per heavy atom. The summed E-state index contributed by atoms with van der Waals surface area (Å²) in [4.78, 5) is 14.6. The largest absolute Gasteiger partial charge is 0.375 e. The smallest absolute Gasteiger partial charge is 0.293 e. The van der Waals surface area contributed by atoms with Crippen LogP contribution in [0.4, 0.5) is 15.8 Å². The van der Waals surface area contributed by atoms with E-state index in [0.717, 1.165) is 17.3 Å². The Bertz CT molecular complexity index is 647. The van der Waals surface area contributed by atoms with Crippen molar-refractivity contribution in [3.63, 3.8) is 0 Å². The van der Waals surface area contributed by atoms with Gasteiger partial charge in [0.2, 0.25) is 0 Å². The van der Waals surface area contributed by atoms with Gasteiger partial charge in [0.1, 0.15) is 11.5 Å². The molecule has 1 heterocycles. The molecule has 1 aromatic heterocycles. The van der Waals surface area contributed by atoms with Gasteiger partial charge in [0, 0.05) is 30.6 Å². The molecule has 20 heavy (non-hydrogen) atoms. The first-order chi connectivity index (χ1) is 9.47. The fourth-order valence-electron chi connectivity index (χ4n) is 1.63. The molecule has 5 nitrogen and oxygen atoms in total. The number of halogens is 2. The summed E-state index contributed by atoms with van der Waals surface area (Å²) in [5.74, 6) is -0.485. The van der Waals surface area contributed by atoms with E-state index >= 15 is 0 Å². The molecular formula is C13H11FIN3O2. The van der Waals surface area contributed by atoms with Crippen LogP contribution in [0.15, 0.2) is 30.5 Å². The fraction of sp³-hybridized carbons (Fsp3) is 0.154. The van der Waals surface area contributed by atoms with E-state index in [4.69, 9.17) is 0 Å². The van der Waals surface area contributed by atoms with Gasteiger partial charge in [-0.1, -0.05) is 6.07 Å². The molecule has 0 saturated carbocycles. The first-order valence-electron chi connectivity index (χ1n) is 5.76. The molecule has 2 aromatic rings. The van der Waals surface area contributed by atoms with Crippen LogP contribution in [-0.4, -0.2) is 9.91 Å². The normalized spacial score (nSPS) is 10.3. The summed E-state index contributed by atoms with van der Waals surface area (Å²) in [6.45, 7) is 2.21. The summed E-state index contributed by atoms with van der Waals surface area (Å²) in [6, 6.07) is 6.07. The van der Waals surface area contributed by atoms with E-state index < -0.39 is 10.7 Å². The molecule has 0 amide bonds. The van der Waals surface area contributed by atoms with Crippen LogP contribution in [-0.2, 0) is 6.54 Å². The lowest BCUT2D eigenvalue weighted by Crippen LogP contribution is -2.04. The highest BCUT2D eigenvalue weighted by Gasteiger charge is 2.17. The standard InChI is InChI=1S/C13H11FIN3O2/c1-8-2-3-9(6-16-8)7-17-12-4-10(14)11(15)5-13(12)18(19)20/h2-6,17H,7H2,1H3. The van der Waals surface area contributed by atoms with Gasteiger partial charge in [-0.3, -0.25) is 15.1 Å². The first-order valence-corrected chi connectivity index (χ1v) is 6.84. The molecule has 0 saturated heterocycles. The summed E-state index contributed by atoms with van der Waals surface area (Å²) in [5.41, 5.74) is 1.77. The Morgan fingerprint density at radius 1 is 1.45 bits per heavy atom. The highest BCUT2D eigenvalue weighted by Crippen LogP contribution is 2.28. The van der Waals surface area contributed by atoms with Crippen molar-refractivity contribution >= 4 is 34.0 Å². The van der Waals surface area contributed by atoms with Gasteiger partial charge in [0.05, 0.1) is 8.49 Å². The molecule has 0 radical (unpaired) electrons. The lowest BCUT2D eigenvalue weighted by Gasteiger charge is -2.08. The third-order valence-corrected chi connectivity index (χ3v) is 3.52. The predicted molar refractivity (Wildman–Crippen MR) is 82.1 cm³/mol. The highest BCUT2D eigenvalue weighted by atomic mass is 127. The van der Waals surface area contributed by atoms with Crippen molar-refractivity contribution in [3.8, 4) is 0 Å². The van der Waals surface area contributed by atoms with Gasteiger partial charge in [-0.25, -0.2) is 4.39 Å². The number of nitrogens with one attached hydrogen (secondary N) is 1. The number of nitro benzene ring substituents is 1. The van der Waals surface area contributed by atoms with Gasteiger partial charge in [-0.15, -0.1) is 0 Å². The van der Waals surface area contributed by atoms with E-state index in [9.17, 15) is 14.5 Å². The van der Waals surface area contributed by atoms with Crippen LogP contribution in [0.25, 0.3) is 0 Å². The van der Waals surface area contributed by atoms with Gasteiger partial charge in [-0.05, 0) is 41.1 Å². The summed E-state index contributed by atoms with van der Waals surface area (Å²) in [6.07, 6.45) is 1.68. The van der Waals surface area contributed by atoms with Crippen molar-refractivity contribution in [2.75, 3.05) is 5.32 Å². The number of anilines is 1. The van der Waals surface area contributed by atoms with Gasteiger partial charge in [0.25, 0.3) is 5.69 Å². The molecule has 0 spiro atoms. The first kappa shape index (κ1) is 14.6. The minimum Gasteiger partial charge on any atom is -0.375 e. The average Bonchev–Trinajstić information content (AvgIpc) is 2.41. The Hall–Kier alpha value is -1.77. The number of rotatable bonds is 4. The molecule has 104 valence electrons. The van der Waals surface area contributed by atoms with E-state index in [-0.39, 0.29) is 14.9 Å². The minimum absolute atomic E-state index is 0.143. The zero-order chi connectivity index (χ0) is 14.7. The molecule has 1 aromatic carbocycles. The SMILES string of the molecule is Cc1ccc(CNc2cc(F)c(I)cc2[N+](=O)[O-])cn1. The van der Waals surface area contributed by atoms with Crippen LogP contribution in [0.3, 0.4) is 0 Å². The van der Waals surface area contributed by atoms with E-state index in [0.29, 0.717) is 6.54 Å². The highest BCUT2D eigenvalue weighted by molar-refractivity contribution is 14.1. The lowest BCUT2D eigenvalue weighted by atomic mass is 10.2. The second-order valence-corrected chi connectivity index (χ2v) is 5.36. The number of aryl methyl sites for hydroxylation is 1. The van der Waals surface area contributed by atoms with Crippen molar-refractivity contribution in [2.45, 2.75) is 13.5 Å². The molecule has 0 fully saturated rings. The summed E-state index contributed by atoms with van der Waals surface area (Å²) < 4.78 is 13.7. The van der Waals surface area contributed by atoms with E-state index in [1.165, 1.54) is 6.07 Å². The fourth-order valence-corrected chi connectivity index (χ4v) is 2.08. The molecule has 0 aliphatic rings. The molecule has 0 bridgehead atoms.